The van der Waals surface area contributed by atoms with Gasteiger partial charge in [-0.05, 0) is 23.8 Å². The minimum absolute atomic E-state index is 0.0110. The van der Waals surface area contributed by atoms with Crippen LogP contribution in [0.25, 0.3) is 0 Å². The summed E-state index contributed by atoms with van der Waals surface area (Å²) in [6.45, 7) is 0. The van der Waals surface area contributed by atoms with Crippen LogP contribution in [-0.2, 0) is 9.84 Å². The van der Waals surface area contributed by atoms with E-state index in [0.717, 1.165) is 5.56 Å². The van der Waals surface area contributed by atoms with Crippen LogP contribution in [0.5, 0.6) is 0 Å². The molecule has 0 aliphatic carbocycles. The van der Waals surface area contributed by atoms with Crippen molar-refractivity contribution < 1.29 is 8.42 Å². The summed E-state index contributed by atoms with van der Waals surface area (Å²) in [5.74, 6) is -0.0110. The summed E-state index contributed by atoms with van der Waals surface area (Å²) >= 11 is 18.0. The Morgan fingerprint density at radius 1 is 1.00 bits per heavy atom. The molecule has 21 heavy (non-hydrogen) atoms. The quantitative estimate of drug-likeness (QED) is 0.795. The Bertz CT molecular complexity index is 821. The van der Waals surface area contributed by atoms with Gasteiger partial charge in [0.1, 0.15) is 0 Å². The van der Waals surface area contributed by atoms with Crippen molar-refractivity contribution in [2.75, 3.05) is 11.1 Å². The molecule has 3 nitrogen and oxygen atoms in total. The molecule has 0 radical (unpaired) electrons. The molecular formula is C14H10Cl3NO2S. The fraction of sp³-hybridized carbons (Fsp3) is 0.143. The molecule has 0 amide bonds. The van der Waals surface area contributed by atoms with Crippen molar-refractivity contribution in [1.29, 1.82) is 0 Å². The summed E-state index contributed by atoms with van der Waals surface area (Å²) in [6, 6.07) is 9.70. The number of hydrogen-bond acceptors (Lipinski definition) is 3. The fourth-order valence-electron chi connectivity index (χ4n) is 2.39. The summed E-state index contributed by atoms with van der Waals surface area (Å²) in [4.78, 5) is 0.360. The van der Waals surface area contributed by atoms with Crippen molar-refractivity contribution in [2.24, 2.45) is 0 Å². The second kappa shape index (κ2) is 5.36. The molecule has 1 aliphatic rings. The van der Waals surface area contributed by atoms with Crippen molar-refractivity contribution >= 4 is 50.3 Å². The Morgan fingerprint density at radius 2 is 1.67 bits per heavy atom. The van der Waals surface area contributed by atoms with Crippen LogP contribution in [0, 0.1) is 0 Å². The van der Waals surface area contributed by atoms with E-state index >= 15 is 0 Å². The smallest absolute Gasteiger partial charge is 0.181 e. The zero-order valence-electron chi connectivity index (χ0n) is 10.6. The van der Waals surface area contributed by atoms with Crippen LogP contribution in [0.3, 0.4) is 0 Å². The van der Waals surface area contributed by atoms with Gasteiger partial charge in [0.15, 0.2) is 9.84 Å². The topological polar surface area (TPSA) is 46.2 Å². The maximum absolute atomic E-state index is 12.1. The Kier molecular flexibility index (Phi) is 3.82. The third-order valence-corrected chi connectivity index (χ3v) is 6.20. The first-order valence-electron chi connectivity index (χ1n) is 6.11. The molecule has 110 valence electrons. The molecule has 3 rings (SSSR count). The monoisotopic (exact) mass is 361 g/mol. The minimum atomic E-state index is -3.27. The van der Waals surface area contributed by atoms with E-state index in [-0.39, 0.29) is 11.8 Å². The number of sulfone groups is 1. The van der Waals surface area contributed by atoms with Gasteiger partial charge in [-0.2, -0.15) is 0 Å². The number of fused-ring (bicyclic) bond motifs is 1. The maximum atomic E-state index is 12.1. The Hall–Kier alpha value is -0.940. The van der Waals surface area contributed by atoms with Crippen molar-refractivity contribution in [1.82, 2.24) is 0 Å². The molecule has 1 atom stereocenters. The average molecular weight is 363 g/mol. The second-order valence-corrected chi connectivity index (χ2v) is 7.99. The highest BCUT2D eigenvalue weighted by Crippen LogP contribution is 2.38. The number of halogens is 3. The predicted molar refractivity (Wildman–Crippen MR) is 86.3 cm³/mol. The Labute approximate surface area is 137 Å². The molecule has 7 heteroatoms. The molecule has 0 saturated carbocycles. The molecule has 1 N–H and O–H groups in total. The van der Waals surface area contributed by atoms with Gasteiger partial charge in [-0.3, -0.25) is 0 Å². The summed E-state index contributed by atoms with van der Waals surface area (Å²) in [5.41, 5.74) is 1.29. The lowest BCUT2D eigenvalue weighted by molar-refractivity contribution is 0.598. The standard InChI is InChI=1S/C14H10Cl3NO2S/c15-9-5-11(17)12(6-10(9)16)18-13-7-21(19,20)14-4-2-1-3-8(13)14/h1-6,13,18H,7H2. The first-order chi connectivity index (χ1) is 9.88. The van der Waals surface area contributed by atoms with Gasteiger partial charge in [0.25, 0.3) is 0 Å². The lowest BCUT2D eigenvalue weighted by Gasteiger charge is -2.16. The number of anilines is 1. The van der Waals surface area contributed by atoms with Gasteiger partial charge in [-0.25, -0.2) is 8.42 Å². The van der Waals surface area contributed by atoms with Crippen molar-refractivity contribution in [3.63, 3.8) is 0 Å². The molecule has 0 bridgehead atoms. The molecule has 0 fully saturated rings. The third-order valence-electron chi connectivity index (χ3n) is 3.36. The Morgan fingerprint density at radius 3 is 2.43 bits per heavy atom. The number of hydrogen-bond donors (Lipinski definition) is 1. The molecule has 2 aromatic rings. The molecule has 2 aromatic carbocycles. The first-order valence-corrected chi connectivity index (χ1v) is 8.90. The van der Waals surface area contributed by atoms with Gasteiger partial charge >= 0.3 is 0 Å². The molecule has 1 aliphatic heterocycles. The summed E-state index contributed by atoms with van der Waals surface area (Å²) in [5, 5.41) is 4.24. The van der Waals surface area contributed by atoms with E-state index in [1.54, 1.807) is 24.3 Å². The van der Waals surface area contributed by atoms with Gasteiger partial charge in [0, 0.05) is 0 Å². The van der Waals surface area contributed by atoms with Gasteiger partial charge in [0.05, 0.1) is 37.4 Å². The zero-order valence-corrected chi connectivity index (χ0v) is 13.7. The van der Waals surface area contributed by atoms with E-state index in [0.29, 0.717) is 25.7 Å². The minimum Gasteiger partial charge on any atom is -0.376 e. The van der Waals surface area contributed by atoms with E-state index in [1.165, 1.54) is 6.07 Å². The predicted octanol–water partition coefficient (Wildman–Crippen LogP) is 4.59. The van der Waals surface area contributed by atoms with E-state index in [9.17, 15) is 8.42 Å². The van der Waals surface area contributed by atoms with Crippen LogP contribution in [0.15, 0.2) is 41.3 Å². The van der Waals surface area contributed by atoms with E-state index in [1.807, 2.05) is 6.07 Å². The van der Waals surface area contributed by atoms with Crippen LogP contribution >= 0.6 is 34.8 Å². The molecule has 0 aromatic heterocycles. The van der Waals surface area contributed by atoms with Crippen LogP contribution in [0.4, 0.5) is 5.69 Å². The molecular weight excluding hydrogens is 353 g/mol. The lowest BCUT2D eigenvalue weighted by Crippen LogP contribution is -2.13. The SMILES string of the molecule is O=S1(=O)CC(Nc2cc(Cl)c(Cl)cc2Cl)c2ccccc21. The maximum Gasteiger partial charge on any atom is 0.181 e. The number of rotatable bonds is 2. The van der Waals surface area contributed by atoms with Crippen molar-refractivity contribution in [2.45, 2.75) is 10.9 Å². The van der Waals surface area contributed by atoms with E-state index < -0.39 is 9.84 Å². The molecule has 1 unspecified atom stereocenters. The second-order valence-electron chi connectivity index (χ2n) is 4.76. The van der Waals surface area contributed by atoms with Crippen LogP contribution in [0.2, 0.25) is 15.1 Å². The van der Waals surface area contributed by atoms with E-state index in [4.69, 9.17) is 34.8 Å². The van der Waals surface area contributed by atoms with Gasteiger partial charge in [0.2, 0.25) is 0 Å². The Balaban J connectivity index is 2.00. The highest BCUT2D eigenvalue weighted by atomic mass is 35.5. The van der Waals surface area contributed by atoms with Crippen LogP contribution in [0.1, 0.15) is 11.6 Å². The zero-order chi connectivity index (χ0) is 15.2. The summed E-state index contributed by atoms with van der Waals surface area (Å²) in [7, 11) is -3.27. The largest absolute Gasteiger partial charge is 0.376 e. The van der Waals surface area contributed by atoms with Crippen LogP contribution in [-0.4, -0.2) is 14.2 Å². The highest BCUT2D eigenvalue weighted by molar-refractivity contribution is 7.91. The molecule has 0 spiro atoms. The highest BCUT2D eigenvalue weighted by Gasteiger charge is 2.34. The third kappa shape index (κ3) is 2.73. The van der Waals surface area contributed by atoms with E-state index in [2.05, 4.69) is 5.32 Å². The summed E-state index contributed by atoms with van der Waals surface area (Å²) < 4.78 is 24.3. The van der Waals surface area contributed by atoms with Gasteiger partial charge in [-0.15, -0.1) is 0 Å². The first kappa shape index (κ1) is 15.0. The van der Waals surface area contributed by atoms with Gasteiger partial charge in [-0.1, -0.05) is 53.0 Å². The fourth-order valence-corrected chi connectivity index (χ4v) is 4.73. The lowest BCUT2D eigenvalue weighted by atomic mass is 10.1. The normalized spacial score (nSPS) is 19.3. The van der Waals surface area contributed by atoms with Gasteiger partial charge < -0.3 is 5.32 Å². The van der Waals surface area contributed by atoms with Crippen LogP contribution < -0.4 is 5.32 Å². The molecule has 0 saturated heterocycles. The number of nitrogens with one attached hydrogen (secondary N) is 1. The average Bonchev–Trinajstić information content (AvgIpc) is 2.68. The molecule has 1 heterocycles. The van der Waals surface area contributed by atoms with Crippen molar-refractivity contribution in [3.8, 4) is 0 Å². The number of benzene rings is 2. The van der Waals surface area contributed by atoms with Crippen molar-refractivity contribution in [3.05, 3.63) is 57.0 Å². The summed E-state index contributed by atoms with van der Waals surface area (Å²) in [6.07, 6.45) is 0.